The number of allylic oxidation sites excluding steroid dienone is 4. The smallest absolute Gasteiger partial charge is 0.0654 e. The highest BCUT2D eigenvalue weighted by atomic mass is 79.9. The lowest BCUT2D eigenvalue weighted by molar-refractivity contribution is 0.404. The maximum absolute atomic E-state index is 3.82. The van der Waals surface area contributed by atoms with Gasteiger partial charge in [0.1, 0.15) is 0 Å². The summed E-state index contributed by atoms with van der Waals surface area (Å²) < 4.78 is 2.59. The maximum atomic E-state index is 3.82. The molecule has 0 bridgehead atoms. The Morgan fingerprint density at radius 3 is 2.15 bits per heavy atom. The molecular formula is C24H31Br2Si. The van der Waals surface area contributed by atoms with Crippen LogP contribution in [0.3, 0.4) is 0 Å². The number of hydrogen-bond donors (Lipinski definition) is 0. The first-order valence-electron chi connectivity index (χ1n) is 10.6. The molecular weight excluding hydrogens is 476 g/mol. The number of halogens is 2. The van der Waals surface area contributed by atoms with Gasteiger partial charge in [-0.25, -0.2) is 0 Å². The summed E-state index contributed by atoms with van der Waals surface area (Å²) in [5, 5.41) is 1.71. The minimum atomic E-state index is 0.248. The molecule has 0 aromatic heterocycles. The van der Waals surface area contributed by atoms with Crippen LogP contribution in [0.15, 0.2) is 40.0 Å². The predicted molar refractivity (Wildman–Crippen MR) is 129 cm³/mol. The molecule has 1 aliphatic carbocycles. The van der Waals surface area contributed by atoms with E-state index in [1.165, 1.54) is 83.9 Å². The van der Waals surface area contributed by atoms with Crippen LogP contribution in [0.2, 0.25) is 0 Å². The molecule has 0 nitrogen and oxygen atoms in total. The number of rotatable bonds is 10. The normalized spacial score (nSPS) is 17.1. The van der Waals surface area contributed by atoms with E-state index in [1.54, 1.807) is 10.8 Å². The van der Waals surface area contributed by atoms with E-state index in [9.17, 15) is 0 Å². The second-order valence-electron chi connectivity index (χ2n) is 7.99. The molecule has 0 fully saturated rings. The third-order valence-electron chi connectivity index (χ3n) is 6.09. The largest absolute Gasteiger partial charge is 0.0747 e. The van der Waals surface area contributed by atoms with Crippen molar-refractivity contribution in [3.05, 3.63) is 51.1 Å². The Morgan fingerprint density at radius 2 is 1.52 bits per heavy atom. The zero-order valence-electron chi connectivity index (χ0n) is 16.7. The maximum Gasteiger partial charge on any atom is 0.0747 e. The van der Waals surface area contributed by atoms with Crippen molar-refractivity contribution in [2.24, 2.45) is 0 Å². The van der Waals surface area contributed by atoms with Crippen LogP contribution in [0.1, 0.15) is 89.2 Å². The highest BCUT2D eigenvalue weighted by molar-refractivity contribution is 9.19. The fourth-order valence-electron chi connectivity index (χ4n) is 4.70. The van der Waals surface area contributed by atoms with Crippen LogP contribution in [0.25, 0.3) is 5.57 Å². The van der Waals surface area contributed by atoms with E-state index in [2.05, 4.69) is 76.1 Å². The number of unbranched alkanes of at least 4 members (excludes halogenated alkanes) is 6. The molecule has 145 valence electrons. The van der Waals surface area contributed by atoms with Crippen molar-refractivity contribution in [2.75, 3.05) is 0 Å². The summed E-state index contributed by atoms with van der Waals surface area (Å²) in [4.78, 5) is 0. The van der Waals surface area contributed by atoms with Crippen molar-refractivity contribution in [3.8, 4) is 0 Å². The van der Waals surface area contributed by atoms with Crippen molar-refractivity contribution in [2.45, 2.75) is 83.5 Å². The van der Waals surface area contributed by atoms with Crippen LogP contribution < -0.4 is 0 Å². The van der Waals surface area contributed by atoms with Crippen LogP contribution in [-0.4, -0.2) is 13.2 Å². The minimum Gasteiger partial charge on any atom is -0.0654 e. The molecule has 2 aliphatic rings. The summed E-state index contributed by atoms with van der Waals surface area (Å²) in [6, 6.07) is 7.00. The van der Waals surface area contributed by atoms with E-state index < -0.39 is 0 Å². The Balaban J connectivity index is 2.00. The van der Waals surface area contributed by atoms with E-state index in [4.69, 9.17) is 0 Å². The van der Waals surface area contributed by atoms with Crippen molar-refractivity contribution >= 4 is 50.6 Å². The summed E-state index contributed by atoms with van der Waals surface area (Å²) in [7, 11) is 0.789. The summed E-state index contributed by atoms with van der Waals surface area (Å²) in [6.07, 6.45) is 18.0. The van der Waals surface area contributed by atoms with Gasteiger partial charge in [0.05, 0.1) is 9.13 Å². The molecule has 0 saturated heterocycles. The molecule has 1 aromatic rings. The third kappa shape index (κ3) is 4.67. The van der Waals surface area contributed by atoms with Gasteiger partial charge in [-0.3, -0.25) is 0 Å². The lowest BCUT2D eigenvalue weighted by Gasteiger charge is -2.34. The molecule has 0 atom stereocenters. The number of benzene rings is 1. The third-order valence-corrected chi connectivity index (χ3v) is 8.85. The summed E-state index contributed by atoms with van der Waals surface area (Å²) in [6.45, 7) is 4.62. The first-order valence-corrected chi connectivity index (χ1v) is 13.2. The molecule has 3 rings (SSSR count). The first kappa shape index (κ1) is 21.5. The van der Waals surface area contributed by atoms with Gasteiger partial charge < -0.3 is 0 Å². The lowest BCUT2D eigenvalue weighted by Crippen LogP contribution is -2.29. The second-order valence-corrected chi connectivity index (χ2v) is 11.8. The monoisotopic (exact) mass is 505 g/mol. The lowest BCUT2D eigenvalue weighted by atomic mass is 9.74. The van der Waals surface area contributed by atoms with E-state index >= 15 is 0 Å². The fraction of sp³-hybridized carbons (Fsp3) is 0.542. The van der Waals surface area contributed by atoms with E-state index in [-0.39, 0.29) is 5.41 Å². The van der Waals surface area contributed by atoms with Gasteiger partial charge in [-0.15, -0.1) is 0 Å². The van der Waals surface area contributed by atoms with Gasteiger partial charge in [0.15, 0.2) is 0 Å². The summed E-state index contributed by atoms with van der Waals surface area (Å²) >= 11 is 7.59. The molecule has 0 saturated carbocycles. The Bertz CT molecular complexity index is 746. The van der Waals surface area contributed by atoms with E-state index in [1.807, 2.05) is 0 Å². The average Bonchev–Trinajstić information content (AvgIpc) is 2.92. The number of hydrogen-bond acceptors (Lipinski definition) is 0. The van der Waals surface area contributed by atoms with Crippen LogP contribution in [0.4, 0.5) is 0 Å². The van der Waals surface area contributed by atoms with Gasteiger partial charge in [0, 0.05) is 14.0 Å². The highest BCUT2D eigenvalue weighted by Gasteiger charge is 2.43. The first-order chi connectivity index (χ1) is 13.1. The van der Waals surface area contributed by atoms with Crippen molar-refractivity contribution in [1.29, 1.82) is 0 Å². The summed E-state index contributed by atoms with van der Waals surface area (Å²) in [5.41, 5.74) is 4.85. The standard InChI is InChI=1S/C24H31Br2Si/c1-3-5-7-9-15-24(16-10-8-6-4-2)21-17-18(25)11-12-19(21)20-13-14-22(26)27-23(20)24/h11-14,17H,3-10,15-16H2,1-2H3. The molecule has 1 aromatic carbocycles. The zero-order chi connectivity index (χ0) is 19.3. The van der Waals surface area contributed by atoms with E-state index in [0.717, 1.165) is 9.13 Å². The van der Waals surface area contributed by atoms with E-state index in [0.29, 0.717) is 0 Å². The molecule has 0 N–H and O–H groups in total. The Labute approximate surface area is 184 Å². The van der Waals surface area contributed by atoms with Gasteiger partial charge >= 0.3 is 0 Å². The number of fused-ring (bicyclic) bond motifs is 2. The molecule has 1 heterocycles. The van der Waals surface area contributed by atoms with Gasteiger partial charge in [-0.2, -0.15) is 0 Å². The highest BCUT2D eigenvalue weighted by Crippen LogP contribution is 2.53. The second kappa shape index (κ2) is 9.98. The van der Waals surface area contributed by atoms with Gasteiger partial charge in [0.2, 0.25) is 0 Å². The molecule has 27 heavy (non-hydrogen) atoms. The molecule has 0 amide bonds. The van der Waals surface area contributed by atoms with Crippen molar-refractivity contribution in [3.63, 3.8) is 0 Å². The van der Waals surface area contributed by atoms with Gasteiger partial charge in [-0.1, -0.05) is 115 Å². The minimum absolute atomic E-state index is 0.248. The van der Waals surface area contributed by atoms with Gasteiger partial charge in [-0.05, 0) is 46.9 Å². The Morgan fingerprint density at radius 1 is 0.852 bits per heavy atom. The van der Waals surface area contributed by atoms with Crippen LogP contribution in [-0.2, 0) is 5.41 Å². The molecule has 1 aliphatic heterocycles. The Hall–Kier alpha value is -0.253. The molecule has 1 radical (unpaired) electrons. The summed E-state index contributed by atoms with van der Waals surface area (Å²) in [5.74, 6) is 0. The predicted octanol–water partition coefficient (Wildman–Crippen LogP) is 8.15. The molecule has 0 unspecified atom stereocenters. The van der Waals surface area contributed by atoms with Crippen LogP contribution >= 0.6 is 31.9 Å². The molecule has 0 spiro atoms. The SMILES string of the molecule is CCCCCCC1(CCCCCC)C2=C(C=CC(Br)=[Si]2)c2ccc(Br)cc21. The average molecular weight is 507 g/mol. The van der Waals surface area contributed by atoms with Crippen molar-refractivity contribution < 1.29 is 0 Å². The van der Waals surface area contributed by atoms with Crippen molar-refractivity contribution in [1.82, 2.24) is 0 Å². The van der Waals surface area contributed by atoms with Crippen LogP contribution in [0.5, 0.6) is 0 Å². The Kier molecular flexibility index (Phi) is 7.93. The molecule has 3 heteroatoms. The fourth-order valence-corrected chi connectivity index (χ4v) is 7.17. The van der Waals surface area contributed by atoms with Gasteiger partial charge in [0.25, 0.3) is 0 Å². The topological polar surface area (TPSA) is 0 Å². The quantitative estimate of drug-likeness (QED) is 0.222. The van der Waals surface area contributed by atoms with Crippen LogP contribution in [0, 0.1) is 0 Å². The zero-order valence-corrected chi connectivity index (χ0v) is 20.9.